The Morgan fingerprint density at radius 2 is 2.00 bits per heavy atom. The third-order valence-corrected chi connectivity index (χ3v) is 6.31. The molecule has 0 N–H and O–H groups in total. The van der Waals surface area contributed by atoms with Crippen molar-refractivity contribution in [3.8, 4) is 0 Å². The Bertz CT molecular complexity index is 640. The van der Waals surface area contributed by atoms with Crippen LogP contribution in [0.15, 0.2) is 59.6 Å². The van der Waals surface area contributed by atoms with Crippen molar-refractivity contribution in [2.24, 2.45) is 0 Å². The molecular weight excluding hydrogens is 281 g/mol. The quantitative estimate of drug-likeness (QED) is 0.451. The molecule has 0 spiro atoms. The number of hydrogen-bond acceptors (Lipinski definition) is 2. The van der Waals surface area contributed by atoms with Crippen LogP contribution in [0.2, 0.25) is 0 Å². The van der Waals surface area contributed by atoms with Crippen LogP contribution in [0.5, 0.6) is 0 Å². The van der Waals surface area contributed by atoms with Crippen molar-refractivity contribution in [2.75, 3.05) is 7.05 Å². The first-order chi connectivity index (χ1) is 9.90. The fraction of sp³-hybridized carbons (Fsp3) is 0.353. The molecule has 21 heavy (non-hydrogen) atoms. The lowest BCUT2D eigenvalue weighted by Gasteiger charge is -2.20. The molecule has 1 aromatic carbocycles. The van der Waals surface area contributed by atoms with Gasteiger partial charge in [-0.1, -0.05) is 36.9 Å². The molecule has 0 radical (unpaired) electrons. The lowest BCUT2D eigenvalue weighted by molar-refractivity contribution is 0.211. The van der Waals surface area contributed by atoms with E-state index in [4.69, 9.17) is 4.52 Å². The van der Waals surface area contributed by atoms with Gasteiger partial charge in [0.15, 0.2) is 0 Å². The van der Waals surface area contributed by atoms with Gasteiger partial charge in [0.25, 0.3) is 0 Å². The fourth-order valence-corrected chi connectivity index (χ4v) is 4.86. The number of rotatable bonds is 3. The average Bonchev–Trinajstić information content (AvgIpc) is 2.71. The first-order valence-electron chi connectivity index (χ1n) is 7.04. The molecule has 1 heterocycles. The minimum Gasteiger partial charge on any atom is -0.304 e. The van der Waals surface area contributed by atoms with Gasteiger partial charge in [0.1, 0.15) is 6.10 Å². The van der Waals surface area contributed by atoms with Crippen molar-refractivity contribution in [3.63, 3.8) is 0 Å². The van der Waals surface area contributed by atoms with E-state index in [1.54, 1.807) is 6.08 Å². The smallest absolute Gasteiger partial charge is 0.304 e. The van der Waals surface area contributed by atoms with Crippen LogP contribution in [0.25, 0.3) is 0 Å². The second kappa shape index (κ2) is 6.17. The van der Waals surface area contributed by atoms with Crippen molar-refractivity contribution in [3.05, 3.63) is 65.2 Å². The largest absolute Gasteiger partial charge is 0.310 e. The van der Waals surface area contributed by atoms with Gasteiger partial charge in [0.2, 0.25) is 0 Å². The number of benzene rings is 1. The van der Waals surface area contributed by atoms with E-state index < -0.39 is 7.52 Å². The van der Waals surface area contributed by atoms with Gasteiger partial charge in [-0.25, -0.2) is 4.67 Å². The highest BCUT2D eigenvalue weighted by atomic mass is 31.2. The van der Waals surface area contributed by atoms with E-state index in [0.29, 0.717) is 5.31 Å². The maximum atomic E-state index is 13.3. The summed E-state index contributed by atoms with van der Waals surface area (Å²) in [7, 11) is -1.26. The van der Waals surface area contributed by atoms with Crippen LogP contribution in [0.4, 0.5) is 0 Å². The summed E-state index contributed by atoms with van der Waals surface area (Å²) in [6, 6.07) is 9.92. The van der Waals surface area contributed by atoms with E-state index in [1.165, 1.54) is 0 Å². The maximum Gasteiger partial charge on any atom is 0.310 e. The van der Waals surface area contributed by atoms with Gasteiger partial charge in [0, 0.05) is 6.04 Å². The Hall–Kier alpha value is -1.37. The zero-order chi connectivity index (χ0) is 15.6. The van der Waals surface area contributed by atoms with Crippen LogP contribution in [-0.4, -0.2) is 17.8 Å². The Labute approximate surface area is 127 Å². The Kier molecular flexibility index (Phi) is 4.70. The summed E-state index contributed by atoms with van der Waals surface area (Å²) < 4.78 is 21.2. The summed E-state index contributed by atoms with van der Waals surface area (Å²) >= 11 is 0. The van der Waals surface area contributed by atoms with E-state index in [1.807, 2.05) is 62.8 Å². The van der Waals surface area contributed by atoms with Crippen LogP contribution in [0, 0.1) is 0 Å². The van der Waals surface area contributed by atoms with Crippen LogP contribution < -0.4 is 0 Å². The van der Waals surface area contributed by atoms with Crippen LogP contribution >= 0.6 is 7.52 Å². The first-order valence-corrected chi connectivity index (χ1v) is 8.61. The highest BCUT2D eigenvalue weighted by Gasteiger charge is 2.48. The van der Waals surface area contributed by atoms with Crippen LogP contribution in [0.3, 0.4) is 0 Å². The summed E-state index contributed by atoms with van der Waals surface area (Å²) in [5.41, 5.74) is 5.11. The summed E-state index contributed by atoms with van der Waals surface area (Å²) in [4.78, 5) is 0. The molecule has 112 valence electrons. The summed E-state index contributed by atoms with van der Waals surface area (Å²) in [6.07, 6.45) is 1.38. The van der Waals surface area contributed by atoms with Crippen molar-refractivity contribution >= 4 is 7.52 Å². The van der Waals surface area contributed by atoms with E-state index in [9.17, 15) is 4.57 Å². The van der Waals surface area contributed by atoms with E-state index in [0.717, 1.165) is 11.1 Å². The molecule has 1 aliphatic rings. The van der Waals surface area contributed by atoms with Gasteiger partial charge >= 0.3 is 7.52 Å². The number of nitrogens with zero attached hydrogens (tertiary/aromatic N) is 1. The molecule has 1 saturated heterocycles. The minimum atomic E-state index is -3.10. The standard InChI is InChI=1S/C17H22NO2P/c1-6-16(12-13(2)3)21(19)18(5)14(4)17(20-21)15-10-8-7-9-11-15/h6-11,14,17H,1H2,2-5H3/t14-,17-,21+/m0/s1. The molecule has 0 saturated carbocycles. The third kappa shape index (κ3) is 2.97. The molecule has 1 aromatic rings. The number of hydrogen-bond donors (Lipinski definition) is 0. The molecule has 2 rings (SSSR count). The van der Waals surface area contributed by atoms with E-state index in [-0.39, 0.29) is 12.1 Å². The maximum absolute atomic E-state index is 13.3. The molecule has 3 nitrogen and oxygen atoms in total. The minimum absolute atomic E-state index is 0.0205. The van der Waals surface area contributed by atoms with E-state index >= 15 is 0 Å². The van der Waals surface area contributed by atoms with Gasteiger partial charge in [-0.2, -0.15) is 0 Å². The molecular formula is C17H22NO2P. The summed E-state index contributed by atoms with van der Waals surface area (Å²) in [5.74, 6) is 0. The van der Waals surface area contributed by atoms with E-state index in [2.05, 4.69) is 12.3 Å². The molecule has 3 atom stereocenters. The third-order valence-electron chi connectivity index (χ3n) is 3.70. The van der Waals surface area contributed by atoms with Gasteiger partial charge in [-0.05, 0) is 45.0 Å². The molecule has 1 fully saturated rings. The highest BCUT2D eigenvalue weighted by Crippen LogP contribution is 2.67. The average molecular weight is 303 g/mol. The predicted octanol–water partition coefficient (Wildman–Crippen LogP) is 4.91. The van der Waals surface area contributed by atoms with Gasteiger partial charge in [0.05, 0.1) is 5.31 Å². The lowest BCUT2D eigenvalue weighted by atomic mass is 10.0. The van der Waals surface area contributed by atoms with Crippen molar-refractivity contribution in [1.29, 1.82) is 0 Å². The molecule has 1 aliphatic heterocycles. The fourth-order valence-electron chi connectivity index (χ4n) is 2.45. The molecule has 0 aromatic heterocycles. The number of likely N-dealkylation sites (N-methyl/N-ethyl adjacent to an activating group) is 1. The monoisotopic (exact) mass is 303 g/mol. The SMILES string of the molecule is C=CC(=C=C(C)C)[P@@]1(=O)O[C@H](c2ccccc2)[C@H](C)N1C. The Balaban J connectivity index is 2.47. The van der Waals surface area contributed by atoms with Crippen molar-refractivity contribution < 1.29 is 9.09 Å². The summed E-state index contributed by atoms with van der Waals surface area (Å²) in [6.45, 7) is 9.64. The second-order valence-corrected chi connectivity index (χ2v) is 7.85. The Morgan fingerprint density at radius 1 is 1.38 bits per heavy atom. The Morgan fingerprint density at radius 3 is 2.52 bits per heavy atom. The summed E-state index contributed by atoms with van der Waals surface area (Å²) in [5, 5.41) is 0.537. The topological polar surface area (TPSA) is 29.5 Å². The molecule has 0 aliphatic carbocycles. The molecule has 0 bridgehead atoms. The molecule has 0 unspecified atom stereocenters. The number of allylic oxidation sites excluding steroid dienone is 2. The zero-order valence-electron chi connectivity index (χ0n) is 13.0. The predicted molar refractivity (Wildman–Crippen MR) is 87.2 cm³/mol. The van der Waals surface area contributed by atoms with Crippen molar-refractivity contribution in [2.45, 2.75) is 32.9 Å². The van der Waals surface area contributed by atoms with Gasteiger partial charge in [-0.15, -0.1) is 5.73 Å². The highest BCUT2D eigenvalue weighted by molar-refractivity contribution is 7.61. The molecule has 0 amide bonds. The normalized spacial score (nSPS) is 29.0. The molecule has 4 heteroatoms. The van der Waals surface area contributed by atoms with Gasteiger partial charge in [-0.3, -0.25) is 4.57 Å². The van der Waals surface area contributed by atoms with Crippen molar-refractivity contribution in [1.82, 2.24) is 4.67 Å². The first kappa shape index (κ1) is 16.0. The second-order valence-electron chi connectivity index (χ2n) is 5.49. The van der Waals surface area contributed by atoms with Crippen LogP contribution in [0.1, 0.15) is 32.4 Å². The van der Waals surface area contributed by atoms with Crippen LogP contribution in [-0.2, 0) is 9.09 Å². The zero-order valence-corrected chi connectivity index (χ0v) is 13.9. The lowest BCUT2D eigenvalue weighted by Crippen LogP contribution is -2.23. The van der Waals surface area contributed by atoms with Gasteiger partial charge < -0.3 is 4.52 Å².